The number of halogens is 3. The van der Waals surface area contributed by atoms with E-state index in [1.54, 1.807) is 6.07 Å². The molecule has 0 radical (unpaired) electrons. The van der Waals surface area contributed by atoms with Gasteiger partial charge < -0.3 is 21.1 Å². The lowest BCUT2D eigenvalue weighted by molar-refractivity contribution is 0.291. The Hall–Kier alpha value is -3.30. The topological polar surface area (TPSA) is 135 Å². The van der Waals surface area contributed by atoms with Gasteiger partial charge in [0.2, 0.25) is 0 Å². The number of aromatic nitrogens is 4. The van der Waals surface area contributed by atoms with Crippen LogP contribution in [0.1, 0.15) is 17.0 Å². The number of nitrogens with zero attached hydrogens (tertiary/aromatic N) is 4. The second-order valence-electron chi connectivity index (χ2n) is 7.26. The maximum absolute atomic E-state index is 13.6. The first-order valence-corrected chi connectivity index (χ1v) is 11.4. The highest BCUT2D eigenvalue weighted by Gasteiger charge is 2.14. The van der Waals surface area contributed by atoms with E-state index in [9.17, 15) is 9.65 Å². The first kappa shape index (κ1) is 23.8. The SMILES string of the molecule is N#Cc1cnc2c(Br)cc(NCc3nn[nH]c3CNCCO)cc2c1Nc1ccc(F)c(Cl)c1. The molecule has 12 heteroatoms. The predicted molar refractivity (Wildman–Crippen MR) is 131 cm³/mol. The second-order valence-corrected chi connectivity index (χ2v) is 8.52. The third kappa shape index (κ3) is 5.26. The number of hydrogen-bond donors (Lipinski definition) is 5. The number of pyridine rings is 1. The molecule has 0 atom stereocenters. The van der Waals surface area contributed by atoms with Crippen molar-refractivity contribution in [2.45, 2.75) is 13.1 Å². The van der Waals surface area contributed by atoms with Crippen LogP contribution in [0.4, 0.5) is 21.5 Å². The summed E-state index contributed by atoms with van der Waals surface area (Å²) >= 11 is 9.48. The lowest BCUT2D eigenvalue weighted by atomic mass is 10.1. The number of H-pyrrole nitrogens is 1. The predicted octanol–water partition coefficient (Wildman–Crippen LogP) is 4.22. The fraction of sp³-hybridized carbons (Fsp3) is 0.182. The number of fused-ring (bicyclic) bond motifs is 1. The Morgan fingerprint density at radius 2 is 2.06 bits per heavy atom. The lowest BCUT2D eigenvalue weighted by Gasteiger charge is -2.15. The summed E-state index contributed by atoms with van der Waals surface area (Å²) in [5.74, 6) is -0.527. The van der Waals surface area contributed by atoms with Crippen molar-refractivity contribution in [1.29, 1.82) is 5.26 Å². The zero-order valence-electron chi connectivity index (χ0n) is 17.7. The molecule has 0 unspecified atom stereocenters. The van der Waals surface area contributed by atoms with E-state index in [-0.39, 0.29) is 11.6 Å². The van der Waals surface area contributed by atoms with E-state index in [4.69, 9.17) is 16.7 Å². The van der Waals surface area contributed by atoms with Crippen molar-refractivity contribution in [1.82, 2.24) is 25.7 Å². The number of rotatable bonds is 9. The van der Waals surface area contributed by atoms with Crippen molar-refractivity contribution in [2.75, 3.05) is 23.8 Å². The van der Waals surface area contributed by atoms with Gasteiger partial charge in [0.05, 0.1) is 40.6 Å². The van der Waals surface area contributed by atoms with Crippen LogP contribution in [0.3, 0.4) is 0 Å². The van der Waals surface area contributed by atoms with Gasteiger partial charge in [-0.3, -0.25) is 10.1 Å². The minimum Gasteiger partial charge on any atom is -0.395 e. The molecule has 5 N–H and O–H groups in total. The molecule has 4 rings (SSSR count). The average molecular weight is 546 g/mol. The Bertz CT molecular complexity index is 1370. The summed E-state index contributed by atoms with van der Waals surface area (Å²) in [4.78, 5) is 4.41. The van der Waals surface area contributed by atoms with Crippen molar-refractivity contribution >= 4 is 55.5 Å². The highest BCUT2D eigenvalue weighted by atomic mass is 79.9. The molecule has 0 aliphatic rings. The number of aliphatic hydroxyl groups excluding tert-OH is 1. The summed E-state index contributed by atoms with van der Waals surface area (Å²) < 4.78 is 14.3. The van der Waals surface area contributed by atoms with Crippen LogP contribution in [0, 0.1) is 17.1 Å². The number of aliphatic hydroxyl groups is 1. The van der Waals surface area contributed by atoms with Crippen LogP contribution in [0.15, 0.2) is 41.0 Å². The fourth-order valence-electron chi connectivity index (χ4n) is 3.33. The molecule has 4 aromatic rings. The van der Waals surface area contributed by atoms with Crippen LogP contribution in [0.25, 0.3) is 10.9 Å². The smallest absolute Gasteiger partial charge is 0.141 e. The molecule has 2 heterocycles. The molecule has 174 valence electrons. The van der Waals surface area contributed by atoms with Crippen LogP contribution < -0.4 is 16.0 Å². The molecule has 0 aliphatic heterocycles. The molecule has 0 bridgehead atoms. The van der Waals surface area contributed by atoms with Gasteiger partial charge in [-0.15, -0.1) is 5.10 Å². The molecule has 2 aromatic heterocycles. The third-order valence-electron chi connectivity index (χ3n) is 4.99. The zero-order valence-corrected chi connectivity index (χ0v) is 20.0. The van der Waals surface area contributed by atoms with Gasteiger partial charge in [-0.05, 0) is 46.3 Å². The van der Waals surface area contributed by atoms with E-state index >= 15 is 0 Å². The van der Waals surface area contributed by atoms with Gasteiger partial charge in [0, 0.05) is 40.5 Å². The molecule has 9 nitrogen and oxygen atoms in total. The van der Waals surface area contributed by atoms with E-state index in [2.05, 4.69) is 58.3 Å². The van der Waals surface area contributed by atoms with Crippen LogP contribution in [0.2, 0.25) is 5.02 Å². The molecule has 0 amide bonds. The van der Waals surface area contributed by atoms with Gasteiger partial charge in [0.1, 0.15) is 17.6 Å². The van der Waals surface area contributed by atoms with Crippen LogP contribution in [-0.4, -0.2) is 38.7 Å². The summed E-state index contributed by atoms with van der Waals surface area (Å²) in [6, 6.07) is 10.1. The Balaban J connectivity index is 1.65. The minimum absolute atomic E-state index is 0.0256. The Morgan fingerprint density at radius 3 is 2.82 bits per heavy atom. The molecule has 0 saturated heterocycles. The lowest BCUT2D eigenvalue weighted by Crippen LogP contribution is -2.19. The maximum atomic E-state index is 13.6. The standard InChI is InChI=1S/C22H19BrClFN8O/c23-16-6-14(28-11-20-19(31-33-32-20)10-27-3-4-34)5-15-21(12(8-26)9-29-22(15)16)30-13-1-2-18(25)17(24)7-13/h1-2,5-7,9,27-28,34H,3-4,10-11H2,(H,29,30)(H,31,32,33). The third-order valence-corrected chi connectivity index (χ3v) is 5.88. The maximum Gasteiger partial charge on any atom is 0.141 e. The average Bonchev–Trinajstić information content (AvgIpc) is 3.28. The number of benzene rings is 2. The number of nitrogens with one attached hydrogen (secondary N) is 4. The minimum atomic E-state index is -0.527. The van der Waals surface area contributed by atoms with Crippen molar-refractivity contribution in [3.63, 3.8) is 0 Å². The fourth-order valence-corrected chi connectivity index (χ4v) is 4.07. The quantitative estimate of drug-likeness (QED) is 0.197. The molecule has 0 fully saturated rings. The molecule has 34 heavy (non-hydrogen) atoms. The van der Waals surface area contributed by atoms with Crippen molar-refractivity contribution in [3.05, 3.63) is 68.8 Å². The Kier molecular flexibility index (Phi) is 7.54. The van der Waals surface area contributed by atoms with Crippen LogP contribution in [-0.2, 0) is 13.1 Å². The molecular formula is C22H19BrClFN8O. The number of aromatic amines is 1. The van der Waals surface area contributed by atoms with Gasteiger partial charge in [-0.2, -0.15) is 5.26 Å². The number of hydrogen-bond acceptors (Lipinski definition) is 8. The monoisotopic (exact) mass is 544 g/mol. The van der Waals surface area contributed by atoms with E-state index in [1.165, 1.54) is 18.3 Å². The number of anilines is 3. The van der Waals surface area contributed by atoms with E-state index in [0.717, 1.165) is 21.5 Å². The van der Waals surface area contributed by atoms with E-state index < -0.39 is 5.82 Å². The van der Waals surface area contributed by atoms with Crippen molar-refractivity contribution < 1.29 is 9.50 Å². The van der Waals surface area contributed by atoms with Gasteiger partial charge in [0.25, 0.3) is 0 Å². The van der Waals surface area contributed by atoms with Crippen LogP contribution in [0.5, 0.6) is 0 Å². The summed E-state index contributed by atoms with van der Waals surface area (Å²) in [6.45, 7) is 1.40. The normalized spacial score (nSPS) is 10.9. The van der Waals surface area contributed by atoms with E-state index in [0.29, 0.717) is 47.5 Å². The Labute approximate surface area is 207 Å². The summed E-state index contributed by atoms with van der Waals surface area (Å²) in [5, 5.41) is 39.7. The first-order valence-electron chi connectivity index (χ1n) is 10.2. The molecule has 2 aromatic carbocycles. The summed E-state index contributed by atoms with van der Waals surface area (Å²) in [6.07, 6.45) is 1.48. The molecule has 0 saturated carbocycles. The Morgan fingerprint density at radius 1 is 1.21 bits per heavy atom. The van der Waals surface area contributed by atoms with Gasteiger partial charge in [-0.25, -0.2) is 4.39 Å². The van der Waals surface area contributed by atoms with Gasteiger partial charge in [-0.1, -0.05) is 16.8 Å². The van der Waals surface area contributed by atoms with Crippen LogP contribution >= 0.6 is 27.5 Å². The number of nitriles is 1. The molecule has 0 aliphatic carbocycles. The molecule has 0 spiro atoms. The van der Waals surface area contributed by atoms with E-state index in [1.807, 2.05) is 12.1 Å². The van der Waals surface area contributed by atoms with Crippen molar-refractivity contribution in [2.24, 2.45) is 0 Å². The summed E-state index contributed by atoms with van der Waals surface area (Å²) in [7, 11) is 0. The second kappa shape index (κ2) is 10.8. The first-order chi connectivity index (χ1) is 16.5. The largest absolute Gasteiger partial charge is 0.395 e. The van der Waals surface area contributed by atoms with Gasteiger partial charge in [0.15, 0.2) is 0 Å². The highest BCUT2D eigenvalue weighted by molar-refractivity contribution is 9.10. The highest BCUT2D eigenvalue weighted by Crippen LogP contribution is 2.35. The van der Waals surface area contributed by atoms with Gasteiger partial charge >= 0.3 is 0 Å². The summed E-state index contributed by atoms with van der Waals surface area (Å²) in [5.41, 5.74) is 4.33. The van der Waals surface area contributed by atoms with Crippen molar-refractivity contribution in [3.8, 4) is 6.07 Å². The zero-order chi connectivity index (χ0) is 24.1. The molecular weight excluding hydrogens is 527 g/mol.